The molecule has 2 aromatic heterocycles. The monoisotopic (exact) mass is 495 g/mol. The van der Waals surface area contributed by atoms with Crippen LogP contribution in [0.25, 0.3) is 5.52 Å². The molecule has 0 saturated heterocycles. The number of nitrogens with zero attached hydrogens (tertiary/aromatic N) is 3. The van der Waals surface area contributed by atoms with Crippen molar-refractivity contribution in [2.45, 2.75) is 33.9 Å². The average Bonchev–Trinajstić information content (AvgIpc) is 3.07. The van der Waals surface area contributed by atoms with E-state index in [-0.39, 0.29) is 30.3 Å². The largest absolute Gasteiger partial charge is 0.348 e. The fraction of sp³-hybridized carbons (Fsp3) is 0.200. The van der Waals surface area contributed by atoms with Crippen molar-refractivity contribution >= 4 is 34.6 Å². The minimum Gasteiger partial charge on any atom is -0.348 e. The van der Waals surface area contributed by atoms with Crippen molar-refractivity contribution in [3.63, 3.8) is 0 Å². The molecule has 2 heterocycles. The molecule has 0 aliphatic rings. The fourth-order valence-corrected chi connectivity index (χ4v) is 4.20. The zero-order valence-corrected chi connectivity index (χ0v) is 20.1. The van der Waals surface area contributed by atoms with Gasteiger partial charge in [-0.05, 0) is 61.7 Å². The summed E-state index contributed by atoms with van der Waals surface area (Å²) in [7, 11) is 0. The minimum absolute atomic E-state index is 0.203. The lowest BCUT2D eigenvalue weighted by Gasteiger charge is -2.09. The standard InChI is InChI=1S/C25H23ClFN5O3/c1-14-4-9-20(19(26)10-14)30-21(33)12-32-25(35)23-15(2)22(16(3)31(23)13-29-32)24(34)28-11-17-5-7-18(27)8-6-17/h4-10,13H,11-12H2,1-3H3,(H,28,34)(H,30,33). The summed E-state index contributed by atoms with van der Waals surface area (Å²) in [5, 5.41) is 9.98. The maximum atomic E-state index is 13.2. The number of hydrogen-bond acceptors (Lipinski definition) is 4. The van der Waals surface area contributed by atoms with Gasteiger partial charge in [-0.25, -0.2) is 9.07 Å². The highest BCUT2D eigenvalue weighted by atomic mass is 35.5. The van der Waals surface area contributed by atoms with Gasteiger partial charge < -0.3 is 10.6 Å². The summed E-state index contributed by atoms with van der Waals surface area (Å²) in [6.45, 7) is 5.15. The number of aromatic nitrogens is 3. The minimum atomic E-state index is -0.504. The highest BCUT2D eigenvalue weighted by Crippen LogP contribution is 2.23. The number of fused-ring (bicyclic) bond motifs is 1. The van der Waals surface area contributed by atoms with Crippen molar-refractivity contribution in [1.82, 2.24) is 19.5 Å². The van der Waals surface area contributed by atoms with Gasteiger partial charge in [-0.2, -0.15) is 5.10 Å². The number of carbonyl (C=O) groups is 2. The smallest absolute Gasteiger partial charge is 0.291 e. The molecule has 4 rings (SSSR count). The molecule has 0 aliphatic heterocycles. The Morgan fingerprint density at radius 2 is 1.80 bits per heavy atom. The summed E-state index contributed by atoms with van der Waals surface area (Å²) in [6, 6.07) is 11.0. The molecular formula is C25H23ClFN5O3. The molecule has 2 N–H and O–H groups in total. The van der Waals surface area contributed by atoms with Gasteiger partial charge in [0.15, 0.2) is 0 Å². The van der Waals surface area contributed by atoms with Crippen LogP contribution in [0.1, 0.15) is 32.7 Å². The first-order chi connectivity index (χ1) is 16.7. The third-order valence-corrected chi connectivity index (χ3v) is 6.04. The molecule has 0 aliphatic carbocycles. The topological polar surface area (TPSA) is 97.5 Å². The number of benzene rings is 2. The van der Waals surface area contributed by atoms with Crippen LogP contribution in [-0.4, -0.2) is 26.0 Å². The van der Waals surface area contributed by atoms with E-state index in [0.717, 1.165) is 15.8 Å². The van der Waals surface area contributed by atoms with Crippen LogP contribution in [0.4, 0.5) is 10.1 Å². The Morgan fingerprint density at radius 3 is 2.49 bits per heavy atom. The molecule has 0 fully saturated rings. The summed E-state index contributed by atoms with van der Waals surface area (Å²) in [6.07, 6.45) is 1.40. The van der Waals surface area contributed by atoms with Gasteiger partial charge in [0.2, 0.25) is 5.91 Å². The summed E-state index contributed by atoms with van der Waals surface area (Å²) >= 11 is 6.17. The number of rotatable bonds is 6. The predicted octanol–water partition coefficient (Wildman–Crippen LogP) is 3.78. The third-order valence-electron chi connectivity index (χ3n) is 5.72. The van der Waals surface area contributed by atoms with Crippen LogP contribution in [0.15, 0.2) is 53.6 Å². The van der Waals surface area contributed by atoms with Crippen LogP contribution >= 0.6 is 11.6 Å². The van der Waals surface area contributed by atoms with E-state index in [1.165, 1.54) is 22.9 Å². The Balaban J connectivity index is 1.57. The fourth-order valence-electron chi connectivity index (χ4n) is 3.92. The number of nitrogens with one attached hydrogen (secondary N) is 2. The number of anilines is 1. The second-order valence-electron chi connectivity index (χ2n) is 8.24. The zero-order chi connectivity index (χ0) is 25.3. The lowest BCUT2D eigenvalue weighted by molar-refractivity contribution is -0.117. The van der Waals surface area contributed by atoms with E-state index in [0.29, 0.717) is 27.5 Å². The third kappa shape index (κ3) is 4.95. The first-order valence-corrected chi connectivity index (χ1v) is 11.2. The molecule has 8 nitrogen and oxygen atoms in total. The number of carbonyl (C=O) groups excluding carboxylic acids is 2. The van der Waals surface area contributed by atoms with Crippen molar-refractivity contribution in [2.75, 3.05) is 5.32 Å². The molecule has 0 spiro atoms. The van der Waals surface area contributed by atoms with Crippen LogP contribution < -0.4 is 16.2 Å². The van der Waals surface area contributed by atoms with E-state index in [4.69, 9.17) is 11.6 Å². The number of hydrogen-bond donors (Lipinski definition) is 2. The van der Waals surface area contributed by atoms with Crippen LogP contribution in [0, 0.1) is 26.6 Å². The first kappa shape index (κ1) is 24.2. The first-order valence-electron chi connectivity index (χ1n) is 10.8. The van der Waals surface area contributed by atoms with Crippen molar-refractivity contribution in [1.29, 1.82) is 0 Å². The van der Waals surface area contributed by atoms with Gasteiger partial charge in [-0.1, -0.05) is 29.8 Å². The molecule has 0 saturated carbocycles. The van der Waals surface area contributed by atoms with Crippen molar-refractivity contribution in [2.24, 2.45) is 0 Å². The quantitative estimate of drug-likeness (QED) is 0.425. The second-order valence-corrected chi connectivity index (χ2v) is 8.65. The van der Waals surface area contributed by atoms with E-state index in [1.807, 2.05) is 13.0 Å². The molecule has 4 aromatic rings. The molecular weight excluding hydrogens is 473 g/mol. The van der Waals surface area contributed by atoms with Gasteiger partial charge >= 0.3 is 0 Å². The highest BCUT2D eigenvalue weighted by Gasteiger charge is 2.22. The van der Waals surface area contributed by atoms with E-state index in [9.17, 15) is 18.8 Å². The van der Waals surface area contributed by atoms with E-state index < -0.39 is 11.5 Å². The van der Waals surface area contributed by atoms with Gasteiger partial charge in [-0.15, -0.1) is 0 Å². The maximum absolute atomic E-state index is 13.2. The summed E-state index contributed by atoms with van der Waals surface area (Å²) in [4.78, 5) is 38.6. The Labute approximate surface area is 205 Å². The summed E-state index contributed by atoms with van der Waals surface area (Å²) in [5.41, 5.74) is 3.24. The molecule has 0 unspecified atom stereocenters. The number of halogens is 2. The lowest BCUT2D eigenvalue weighted by atomic mass is 10.1. The maximum Gasteiger partial charge on any atom is 0.291 e. The van der Waals surface area contributed by atoms with Gasteiger partial charge in [0.05, 0.1) is 16.3 Å². The van der Waals surface area contributed by atoms with E-state index in [2.05, 4.69) is 15.7 Å². The normalized spacial score (nSPS) is 11.0. The molecule has 180 valence electrons. The van der Waals surface area contributed by atoms with Crippen molar-refractivity contribution < 1.29 is 14.0 Å². The van der Waals surface area contributed by atoms with Gasteiger partial charge in [0.1, 0.15) is 24.2 Å². The van der Waals surface area contributed by atoms with E-state index >= 15 is 0 Å². The Kier molecular flexibility index (Phi) is 6.70. The summed E-state index contributed by atoms with van der Waals surface area (Å²) in [5.74, 6) is -1.19. The zero-order valence-electron chi connectivity index (χ0n) is 19.4. The summed E-state index contributed by atoms with van der Waals surface area (Å²) < 4.78 is 15.7. The second kappa shape index (κ2) is 9.71. The number of aryl methyl sites for hydroxylation is 3. The molecule has 0 atom stereocenters. The molecule has 0 bridgehead atoms. The Morgan fingerprint density at radius 1 is 1.09 bits per heavy atom. The van der Waals surface area contributed by atoms with Gasteiger partial charge in [-0.3, -0.25) is 18.8 Å². The SMILES string of the molecule is Cc1ccc(NC(=O)Cn2ncn3c(C)c(C(=O)NCc4ccc(F)cc4)c(C)c3c2=O)c(Cl)c1. The van der Waals surface area contributed by atoms with E-state index in [1.54, 1.807) is 38.1 Å². The van der Waals surface area contributed by atoms with Crippen LogP contribution in [0.3, 0.4) is 0 Å². The molecule has 2 amide bonds. The Hall–Kier alpha value is -3.98. The van der Waals surface area contributed by atoms with Crippen LogP contribution in [0.5, 0.6) is 0 Å². The molecule has 10 heteroatoms. The number of amides is 2. The van der Waals surface area contributed by atoms with Crippen LogP contribution in [-0.2, 0) is 17.9 Å². The van der Waals surface area contributed by atoms with Gasteiger partial charge in [0, 0.05) is 12.2 Å². The molecule has 35 heavy (non-hydrogen) atoms. The molecule has 0 radical (unpaired) electrons. The average molecular weight is 496 g/mol. The van der Waals surface area contributed by atoms with Gasteiger partial charge in [0.25, 0.3) is 11.5 Å². The van der Waals surface area contributed by atoms with Crippen molar-refractivity contribution in [3.05, 3.63) is 97.9 Å². The predicted molar refractivity (Wildman–Crippen MR) is 131 cm³/mol. The van der Waals surface area contributed by atoms with Crippen molar-refractivity contribution in [3.8, 4) is 0 Å². The lowest BCUT2D eigenvalue weighted by Crippen LogP contribution is -2.31. The highest BCUT2D eigenvalue weighted by molar-refractivity contribution is 6.33. The molecule has 2 aromatic carbocycles. The Bertz CT molecular complexity index is 1510. The van der Waals surface area contributed by atoms with Crippen LogP contribution in [0.2, 0.25) is 5.02 Å².